The standard InChI is InChI=1S/C23H23N3O3S/c1-15(27)17-10-4-6-12-19(17)24-21(28)14-30-23-25-20-13-7-5-11-18(20)22(29)26(23)16-8-2-3-9-16/h4-7,10-13,16H,2-3,8-9,14H2,1H3,(H,24,28). The number of thioether (sulfide) groups is 1. The van der Waals surface area contributed by atoms with Crippen LogP contribution in [0, 0.1) is 0 Å². The van der Waals surface area contributed by atoms with Crippen molar-refractivity contribution in [2.45, 2.75) is 43.8 Å². The van der Waals surface area contributed by atoms with E-state index in [0.29, 0.717) is 27.3 Å². The molecule has 2 aromatic carbocycles. The number of hydrogen-bond donors (Lipinski definition) is 1. The molecule has 0 aliphatic heterocycles. The molecule has 3 aromatic rings. The Hall–Kier alpha value is -2.93. The molecule has 0 radical (unpaired) electrons. The van der Waals surface area contributed by atoms with E-state index >= 15 is 0 Å². The maximum absolute atomic E-state index is 13.2. The molecular weight excluding hydrogens is 398 g/mol. The lowest BCUT2D eigenvalue weighted by atomic mass is 10.1. The van der Waals surface area contributed by atoms with Gasteiger partial charge in [0.25, 0.3) is 5.56 Å². The minimum atomic E-state index is -0.242. The Labute approximate surface area is 178 Å². The van der Waals surface area contributed by atoms with Gasteiger partial charge in [-0.05, 0) is 44.0 Å². The maximum Gasteiger partial charge on any atom is 0.262 e. The average molecular weight is 422 g/mol. The summed E-state index contributed by atoms with van der Waals surface area (Å²) in [6, 6.07) is 14.4. The van der Waals surface area contributed by atoms with Gasteiger partial charge in [0.15, 0.2) is 10.9 Å². The topological polar surface area (TPSA) is 81.1 Å². The number of para-hydroxylation sites is 2. The number of carbonyl (C=O) groups is 2. The molecule has 1 saturated carbocycles. The third-order valence-corrected chi connectivity index (χ3v) is 6.33. The van der Waals surface area contributed by atoms with E-state index in [9.17, 15) is 14.4 Å². The Balaban J connectivity index is 1.59. The fraction of sp³-hybridized carbons (Fsp3) is 0.304. The number of rotatable bonds is 6. The second-order valence-electron chi connectivity index (χ2n) is 7.46. The number of carbonyl (C=O) groups excluding carboxylic acids is 2. The van der Waals surface area contributed by atoms with E-state index in [2.05, 4.69) is 5.32 Å². The van der Waals surface area contributed by atoms with Crippen molar-refractivity contribution in [2.24, 2.45) is 0 Å². The second kappa shape index (κ2) is 8.83. The first-order chi connectivity index (χ1) is 14.5. The molecule has 0 bridgehead atoms. The van der Waals surface area contributed by atoms with Gasteiger partial charge in [-0.15, -0.1) is 0 Å². The molecule has 30 heavy (non-hydrogen) atoms. The lowest BCUT2D eigenvalue weighted by molar-refractivity contribution is -0.113. The number of benzene rings is 2. The minimum Gasteiger partial charge on any atom is -0.325 e. The summed E-state index contributed by atoms with van der Waals surface area (Å²) in [6.07, 6.45) is 4.09. The van der Waals surface area contributed by atoms with Crippen molar-refractivity contribution in [1.82, 2.24) is 9.55 Å². The van der Waals surface area contributed by atoms with Gasteiger partial charge in [-0.3, -0.25) is 19.0 Å². The molecule has 0 saturated heterocycles. The van der Waals surface area contributed by atoms with Crippen LogP contribution in [0.15, 0.2) is 58.5 Å². The molecule has 1 N–H and O–H groups in total. The second-order valence-corrected chi connectivity index (χ2v) is 8.41. The molecule has 6 nitrogen and oxygen atoms in total. The van der Waals surface area contributed by atoms with Gasteiger partial charge in [-0.2, -0.15) is 0 Å². The summed E-state index contributed by atoms with van der Waals surface area (Å²) in [5.74, 6) is -0.247. The molecule has 154 valence electrons. The first kappa shape index (κ1) is 20.3. The largest absolute Gasteiger partial charge is 0.325 e. The number of ketones is 1. The van der Waals surface area contributed by atoms with E-state index < -0.39 is 0 Å². The summed E-state index contributed by atoms with van der Waals surface area (Å²) in [7, 11) is 0. The van der Waals surface area contributed by atoms with Crippen LogP contribution in [0.5, 0.6) is 0 Å². The number of nitrogens with one attached hydrogen (secondary N) is 1. The van der Waals surface area contributed by atoms with Gasteiger partial charge in [-0.1, -0.05) is 48.9 Å². The van der Waals surface area contributed by atoms with Gasteiger partial charge in [0, 0.05) is 11.6 Å². The summed E-state index contributed by atoms with van der Waals surface area (Å²) < 4.78 is 1.77. The van der Waals surface area contributed by atoms with Gasteiger partial charge >= 0.3 is 0 Å². The Morgan fingerprint density at radius 2 is 1.80 bits per heavy atom. The van der Waals surface area contributed by atoms with Gasteiger partial charge in [0.05, 0.1) is 22.3 Å². The van der Waals surface area contributed by atoms with Gasteiger partial charge in [-0.25, -0.2) is 4.98 Å². The van der Waals surface area contributed by atoms with Crippen molar-refractivity contribution < 1.29 is 9.59 Å². The number of anilines is 1. The number of amides is 1. The number of hydrogen-bond acceptors (Lipinski definition) is 5. The Bertz CT molecular complexity index is 1170. The maximum atomic E-state index is 13.2. The van der Waals surface area contributed by atoms with Crippen molar-refractivity contribution in [3.63, 3.8) is 0 Å². The van der Waals surface area contributed by atoms with Crippen LogP contribution in [0.25, 0.3) is 10.9 Å². The molecular formula is C23H23N3O3S. The van der Waals surface area contributed by atoms with Gasteiger partial charge < -0.3 is 5.32 Å². The zero-order valence-electron chi connectivity index (χ0n) is 16.8. The van der Waals surface area contributed by atoms with Crippen LogP contribution in [-0.2, 0) is 4.79 Å². The molecule has 1 heterocycles. The third-order valence-electron chi connectivity index (χ3n) is 5.38. The van der Waals surface area contributed by atoms with E-state index in [1.165, 1.54) is 18.7 Å². The highest BCUT2D eigenvalue weighted by Crippen LogP contribution is 2.32. The van der Waals surface area contributed by atoms with Crippen LogP contribution >= 0.6 is 11.8 Å². The van der Waals surface area contributed by atoms with Gasteiger partial charge in [0.1, 0.15) is 0 Å². The van der Waals surface area contributed by atoms with Crippen molar-refractivity contribution in [3.8, 4) is 0 Å². The lowest BCUT2D eigenvalue weighted by Gasteiger charge is -2.18. The van der Waals surface area contributed by atoms with Crippen molar-refractivity contribution >= 4 is 40.0 Å². The summed E-state index contributed by atoms with van der Waals surface area (Å²) in [5.41, 5.74) is 1.57. The average Bonchev–Trinajstić information content (AvgIpc) is 3.27. The van der Waals surface area contributed by atoms with Crippen molar-refractivity contribution in [3.05, 3.63) is 64.4 Å². The zero-order chi connectivity index (χ0) is 21.1. The third kappa shape index (κ3) is 4.16. The van der Waals surface area contributed by atoms with E-state index in [1.54, 1.807) is 34.9 Å². The molecule has 1 aliphatic rings. The first-order valence-electron chi connectivity index (χ1n) is 10.1. The van der Waals surface area contributed by atoms with E-state index in [4.69, 9.17) is 4.98 Å². The lowest BCUT2D eigenvalue weighted by Crippen LogP contribution is -2.27. The SMILES string of the molecule is CC(=O)c1ccccc1NC(=O)CSc1nc2ccccc2c(=O)n1C1CCCC1. The molecule has 1 aromatic heterocycles. The Morgan fingerprint density at radius 3 is 2.57 bits per heavy atom. The molecule has 7 heteroatoms. The fourth-order valence-electron chi connectivity index (χ4n) is 3.93. The smallest absolute Gasteiger partial charge is 0.262 e. The van der Waals surface area contributed by atoms with Crippen molar-refractivity contribution in [1.29, 1.82) is 0 Å². The minimum absolute atomic E-state index is 0.0441. The molecule has 1 amide bonds. The molecule has 4 rings (SSSR count). The summed E-state index contributed by atoms with van der Waals surface area (Å²) in [5, 5.41) is 3.98. The van der Waals surface area contributed by atoms with Gasteiger partial charge in [0.2, 0.25) is 5.91 Å². The Morgan fingerprint density at radius 1 is 1.10 bits per heavy atom. The molecule has 1 aliphatic carbocycles. The van der Waals surface area contributed by atoms with E-state index in [0.717, 1.165) is 25.7 Å². The summed E-state index contributed by atoms with van der Waals surface area (Å²) >= 11 is 1.26. The molecule has 0 atom stereocenters. The van der Waals surface area contributed by atoms with E-state index in [-0.39, 0.29) is 29.0 Å². The Kier molecular flexibility index (Phi) is 5.99. The summed E-state index contributed by atoms with van der Waals surface area (Å²) in [4.78, 5) is 42.2. The number of nitrogens with zero attached hydrogens (tertiary/aromatic N) is 2. The van der Waals surface area contributed by atoms with Crippen LogP contribution in [0.1, 0.15) is 49.0 Å². The fourth-order valence-corrected chi connectivity index (χ4v) is 4.79. The number of Topliss-reactive ketones (excluding diaryl/α,β-unsaturated/α-hetero) is 1. The predicted molar refractivity (Wildman–Crippen MR) is 119 cm³/mol. The van der Waals surface area contributed by atoms with Crippen LogP contribution in [0.3, 0.4) is 0 Å². The van der Waals surface area contributed by atoms with Crippen LogP contribution in [0.2, 0.25) is 0 Å². The molecule has 1 fully saturated rings. The van der Waals surface area contributed by atoms with Crippen LogP contribution in [-0.4, -0.2) is 27.0 Å². The highest BCUT2D eigenvalue weighted by Gasteiger charge is 2.23. The highest BCUT2D eigenvalue weighted by atomic mass is 32.2. The van der Waals surface area contributed by atoms with Crippen molar-refractivity contribution in [2.75, 3.05) is 11.1 Å². The van der Waals surface area contributed by atoms with Crippen LogP contribution in [0.4, 0.5) is 5.69 Å². The monoisotopic (exact) mass is 421 g/mol. The molecule has 0 unspecified atom stereocenters. The quantitative estimate of drug-likeness (QED) is 0.361. The molecule has 0 spiro atoms. The first-order valence-corrected chi connectivity index (χ1v) is 11.1. The predicted octanol–water partition coefficient (Wildman–Crippen LogP) is 4.45. The highest BCUT2D eigenvalue weighted by molar-refractivity contribution is 7.99. The normalized spacial score (nSPS) is 14.2. The summed E-state index contributed by atoms with van der Waals surface area (Å²) in [6.45, 7) is 1.47. The van der Waals surface area contributed by atoms with Crippen LogP contribution < -0.4 is 10.9 Å². The zero-order valence-corrected chi connectivity index (χ0v) is 17.6. The number of aromatic nitrogens is 2. The number of fused-ring (bicyclic) bond motifs is 1. The van der Waals surface area contributed by atoms with E-state index in [1.807, 2.05) is 18.2 Å².